The minimum atomic E-state index is 0. The van der Waals surface area contributed by atoms with Crippen LogP contribution in [0.4, 0.5) is 5.82 Å². The van der Waals surface area contributed by atoms with Crippen LogP contribution in [0.25, 0.3) is 0 Å². The molecule has 0 amide bonds. The molecule has 0 saturated carbocycles. The zero-order valence-electron chi connectivity index (χ0n) is 9.44. The average Bonchev–Trinajstić information content (AvgIpc) is 2.15. The Kier molecular flexibility index (Phi) is 6.95. The Balaban J connectivity index is 0.00000196. The molecular formula is C10H14N4U. The van der Waals surface area contributed by atoms with Crippen LogP contribution >= 0.6 is 0 Å². The molecule has 0 fully saturated rings. The van der Waals surface area contributed by atoms with Crippen molar-refractivity contribution in [3.05, 3.63) is 12.0 Å². The fourth-order valence-electron chi connectivity index (χ4n) is 0.762. The summed E-state index contributed by atoms with van der Waals surface area (Å²) in [6, 6.07) is 0. The van der Waals surface area contributed by atoms with Crippen LogP contribution in [0.15, 0.2) is 4.99 Å². The van der Waals surface area contributed by atoms with E-state index in [1.807, 2.05) is 27.7 Å². The Morgan fingerprint density at radius 3 is 2.47 bits per heavy atom. The summed E-state index contributed by atoms with van der Waals surface area (Å²) in [4.78, 5) is 8.22. The maximum absolute atomic E-state index is 4.19. The molecule has 5 heteroatoms. The molecular weight excluding hydrogens is 414 g/mol. The Morgan fingerprint density at radius 1 is 1.27 bits per heavy atom. The molecule has 0 aromatic carbocycles. The van der Waals surface area contributed by atoms with Gasteiger partial charge in [-0.15, -0.1) is 0 Å². The quantitative estimate of drug-likeness (QED) is 0.547. The van der Waals surface area contributed by atoms with E-state index in [4.69, 9.17) is 0 Å². The van der Waals surface area contributed by atoms with Crippen LogP contribution in [-0.2, 0) is 0 Å². The normalized spacial score (nSPS) is 11.1. The summed E-state index contributed by atoms with van der Waals surface area (Å²) in [6.07, 6.45) is 5.51. The van der Waals surface area contributed by atoms with Crippen LogP contribution in [0.3, 0.4) is 0 Å². The maximum atomic E-state index is 4.19. The van der Waals surface area contributed by atoms with Crippen molar-refractivity contribution in [1.82, 2.24) is 15.2 Å². The molecule has 0 bridgehead atoms. The molecule has 0 spiro atoms. The summed E-state index contributed by atoms with van der Waals surface area (Å²) in [5.74, 6) is 1.68. The molecule has 0 N–H and O–H groups in total. The van der Waals surface area contributed by atoms with E-state index in [0.29, 0.717) is 11.6 Å². The van der Waals surface area contributed by atoms with E-state index in [2.05, 4.69) is 32.6 Å². The molecule has 0 aliphatic heterocycles. The van der Waals surface area contributed by atoms with E-state index in [1.54, 1.807) is 0 Å². The first kappa shape index (κ1) is 14.7. The molecule has 1 aromatic rings. The van der Waals surface area contributed by atoms with Crippen molar-refractivity contribution in [2.45, 2.75) is 33.6 Å². The summed E-state index contributed by atoms with van der Waals surface area (Å²) in [5.41, 5.74) is 0. The van der Waals surface area contributed by atoms with Gasteiger partial charge in [0.15, 0.2) is 0 Å². The average molecular weight is 428 g/mol. The SMILES string of the molecule is CC(C)[C-]=Nc1[c-]nnc(C(C)C)n1.[U+2]. The summed E-state index contributed by atoms with van der Waals surface area (Å²) in [5, 5.41) is 7.57. The van der Waals surface area contributed by atoms with Crippen LogP contribution in [0, 0.1) is 43.2 Å². The molecule has 78 valence electrons. The van der Waals surface area contributed by atoms with Crippen LogP contribution < -0.4 is 0 Å². The van der Waals surface area contributed by atoms with E-state index < -0.39 is 0 Å². The fourth-order valence-corrected chi connectivity index (χ4v) is 0.762. The van der Waals surface area contributed by atoms with Crippen LogP contribution in [0.1, 0.15) is 39.4 Å². The zero-order chi connectivity index (χ0) is 10.6. The third-order valence-corrected chi connectivity index (χ3v) is 1.47. The Bertz CT molecular complexity index is 323. The van der Waals surface area contributed by atoms with Crippen LogP contribution in [0.2, 0.25) is 0 Å². The number of aromatic nitrogens is 3. The maximum Gasteiger partial charge on any atom is 2.00 e. The molecule has 1 heterocycles. The van der Waals surface area contributed by atoms with E-state index in [1.165, 1.54) is 0 Å². The topological polar surface area (TPSA) is 51.0 Å². The second-order valence-corrected chi connectivity index (χ2v) is 3.66. The predicted molar refractivity (Wildman–Crippen MR) is 54.7 cm³/mol. The van der Waals surface area contributed by atoms with Gasteiger partial charge in [-0.05, 0) is 0 Å². The van der Waals surface area contributed by atoms with E-state index in [-0.39, 0.29) is 42.9 Å². The van der Waals surface area contributed by atoms with Crippen molar-refractivity contribution in [1.29, 1.82) is 0 Å². The number of aliphatic imine (C=N–C) groups is 1. The largest absolute Gasteiger partial charge is 2.00 e. The van der Waals surface area contributed by atoms with Gasteiger partial charge in [-0.25, -0.2) is 0 Å². The monoisotopic (exact) mass is 428 g/mol. The van der Waals surface area contributed by atoms with Gasteiger partial charge >= 0.3 is 31.1 Å². The molecule has 1 rings (SSSR count). The van der Waals surface area contributed by atoms with Crippen LogP contribution in [0.5, 0.6) is 0 Å². The third kappa shape index (κ3) is 5.39. The van der Waals surface area contributed by atoms with Gasteiger partial charge in [-0.3, -0.25) is 0 Å². The fraction of sp³-hybridized carbons (Fsp3) is 0.600. The molecule has 4 nitrogen and oxygen atoms in total. The van der Waals surface area contributed by atoms with Gasteiger partial charge in [-0.2, -0.15) is 17.1 Å². The van der Waals surface area contributed by atoms with E-state index >= 15 is 0 Å². The van der Waals surface area contributed by atoms with Crippen molar-refractivity contribution < 1.29 is 31.1 Å². The molecule has 0 unspecified atom stereocenters. The second kappa shape index (κ2) is 7.08. The summed E-state index contributed by atoms with van der Waals surface area (Å²) < 4.78 is 0. The molecule has 0 atom stereocenters. The van der Waals surface area contributed by atoms with Crippen molar-refractivity contribution in [2.24, 2.45) is 10.9 Å². The first-order valence-electron chi connectivity index (χ1n) is 4.68. The number of rotatable bonds is 3. The Labute approximate surface area is 114 Å². The van der Waals surface area contributed by atoms with Gasteiger partial charge < -0.3 is 21.3 Å². The molecule has 0 aliphatic rings. The number of nitrogens with zero attached hydrogens (tertiary/aromatic N) is 4. The predicted octanol–water partition coefficient (Wildman–Crippen LogP) is 2.03. The van der Waals surface area contributed by atoms with Crippen LogP contribution in [-0.4, -0.2) is 21.4 Å². The second-order valence-electron chi connectivity index (χ2n) is 3.66. The third-order valence-electron chi connectivity index (χ3n) is 1.47. The Morgan fingerprint density at radius 2 is 1.93 bits per heavy atom. The smallest absolute Gasteiger partial charge is 0.473 e. The van der Waals surface area contributed by atoms with Crippen molar-refractivity contribution in [3.8, 4) is 0 Å². The van der Waals surface area contributed by atoms with E-state index in [9.17, 15) is 0 Å². The first-order chi connectivity index (χ1) is 6.59. The van der Waals surface area contributed by atoms with Gasteiger partial charge in [0.2, 0.25) is 0 Å². The summed E-state index contributed by atoms with van der Waals surface area (Å²) in [7, 11) is 0. The minimum absolute atomic E-state index is 0. The van der Waals surface area contributed by atoms with Gasteiger partial charge in [0.25, 0.3) is 0 Å². The van der Waals surface area contributed by atoms with Gasteiger partial charge in [0.05, 0.1) is 0 Å². The molecule has 1 aromatic heterocycles. The van der Waals surface area contributed by atoms with Crippen molar-refractivity contribution >= 4 is 12.0 Å². The number of hydrogen-bond acceptors (Lipinski definition) is 4. The standard InChI is InChI=1S/C10H14N4.U/c1-7(2)5-11-9-6-12-14-10(13-9)8(3)4;/h7-8H,1-4H3;/q-2;+2. The van der Waals surface area contributed by atoms with Gasteiger partial charge in [-0.1, -0.05) is 33.6 Å². The van der Waals surface area contributed by atoms with E-state index in [0.717, 1.165) is 0 Å². The zero-order valence-corrected chi connectivity index (χ0v) is 13.6. The van der Waals surface area contributed by atoms with Gasteiger partial charge in [0, 0.05) is 5.92 Å². The molecule has 0 saturated heterocycles. The number of hydrogen-bond donors (Lipinski definition) is 0. The van der Waals surface area contributed by atoms with Gasteiger partial charge in [0.1, 0.15) is 5.82 Å². The molecule has 0 aliphatic carbocycles. The molecule has 0 radical (unpaired) electrons. The first-order valence-corrected chi connectivity index (χ1v) is 4.68. The Hall–Kier alpha value is -0.268. The summed E-state index contributed by atoms with van der Waals surface area (Å²) in [6.45, 7) is 8.02. The minimum Gasteiger partial charge on any atom is -0.473 e. The van der Waals surface area contributed by atoms with Crippen molar-refractivity contribution in [3.63, 3.8) is 0 Å². The van der Waals surface area contributed by atoms with Crippen molar-refractivity contribution in [2.75, 3.05) is 0 Å². The summed E-state index contributed by atoms with van der Waals surface area (Å²) >= 11 is 0. The molecule has 15 heavy (non-hydrogen) atoms.